The third-order valence-electron chi connectivity index (χ3n) is 3.01. The van der Waals surface area contributed by atoms with Crippen LogP contribution in [0.25, 0.3) is 0 Å². The lowest BCUT2D eigenvalue weighted by molar-refractivity contribution is 0.175. The van der Waals surface area contributed by atoms with Gasteiger partial charge in [0.05, 0.1) is 12.5 Å². The highest BCUT2D eigenvalue weighted by molar-refractivity contribution is 9.10. The van der Waals surface area contributed by atoms with Gasteiger partial charge in [0.25, 0.3) is 0 Å². The normalized spacial score (nSPS) is 16.6. The Balaban J connectivity index is 0.00000162. The molecular formula is C12H17BrCl2N4. The maximum atomic E-state index is 8.96. The Hall–Kier alpha value is -0.380. The van der Waals surface area contributed by atoms with Gasteiger partial charge < -0.3 is 5.32 Å². The molecule has 0 aliphatic carbocycles. The van der Waals surface area contributed by atoms with Crippen LogP contribution in [0.2, 0.25) is 0 Å². The molecule has 1 aromatic heterocycles. The molecule has 0 unspecified atom stereocenters. The van der Waals surface area contributed by atoms with Gasteiger partial charge in [-0.15, -0.1) is 24.8 Å². The molecule has 0 radical (unpaired) electrons. The van der Waals surface area contributed by atoms with E-state index in [1.165, 1.54) is 0 Å². The molecule has 1 aromatic rings. The molecule has 106 valence electrons. The summed E-state index contributed by atoms with van der Waals surface area (Å²) >= 11 is 3.33. The van der Waals surface area contributed by atoms with E-state index in [2.05, 4.69) is 37.2 Å². The second-order valence-corrected chi connectivity index (χ2v) is 4.89. The van der Waals surface area contributed by atoms with Crippen molar-refractivity contribution in [3.63, 3.8) is 0 Å². The number of nitrogens with one attached hydrogen (secondary N) is 1. The minimum atomic E-state index is 0. The van der Waals surface area contributed by atoms with Gasteiger partial charge in [-0.2, -0.15) is 5.26 Å². The number of pyridine rings is 1. The van der Waals surface area contributed by atoms with E-state index in [1.807, 2.05) is 18.3 Å². The van der Waals surface area contributed by atoms with Gasteiger partial charge in [-0.25, -0.2) is 4.98 Å². The smallest absolute Gasteiger partial charge is 0.106 e. The van der Waals surface area contributed by atoms with Gasteiger partial charge in [-0.05, 0) is 27.6 Å². The van der Waals surface area contributed by atoms with E-state index in [-0.39, 0.29) is 30.9 Å². The Morgan fingerprint density at radius 2 is 2.05 bits per heavy atom. The minimum absolute atomic E-state index is 0. The molecule has 1 N–H and O–H groups in total. The number of rotatable bonds is 3. The zero-order chi connectivity index (χ0) is 12.1. The third-order valence-corrected chi connectivity index (χ3v) is 3.48. The Morgan fingerprint density at radius 1 is 1.37 bits per heavy atom. The summed E-state index contributed by atoms with van der Waals surface area (Å²) in [5, 5.41) is 12.3. The Morgan fingerprint density at radius 3 is 2.58 bits per heavy atom. The topological polar surface area (TPSA) is 52.0 Å². The number of nitrogens with zero attached hydrogens (tertiary/aromatic N) is 3. The first-order valence-electron chi connectivity index (χ1n) is 5.74. The van der Waals surface area contributed by atoms with Crippen LogP contribution in [0.4, 0.5) is 0 Å². The summed E-state index contributed by atoms with van der Waals surface area (Å²) in [5.74, 6) is 0. The highest BCUT2D eigenvalue weighted by atomic mass is 79.9. The molecule has 4 nitrogen and oxygen atoms in total. The van der Waals surface area contributed by atoms with Gasteiger partial charge in [-0.1, -0.05) is 6.07 Å². The van der Waals surface area contributed by atoms with E-state index in [4.69, 9.17) is 5.26 Å². The predicted molar refractivity (Wildman–Crippen MR) is 83.8 cm³/mol. The highest BCUT2D eigenvalue weighted by Gasteiger charge is 2.21. The van der Waals surface area contributed by atoms with Crippen LogP contribution in [0.3, 0.4) is 0 Å². The number of hydrogen-bond donors (Lipinski definition) is 1. The molecule has 1 aliphatic heterocycles. The maximum absolute atomic E-state index is 8.96. The molecule has 7 heteroatoms. The van der Waals surface area contributed by atoms with Crippen molar-refractivity contribution < 1.29 is 0 Å². The molecule has 2 rings (SSSR count). The van der Waals surface area contributed by atoms with Crippen molar-refractivity contribution in [1.29, 1.82) is 5.26 Å². The largest absolute Gasteiger partial charge is 0.314 e. The Labute approximate surface area is 134 Å². The monoisotopic (exact) mass is 366 g/mol. The lowest BCUT2D eigenvalue weighted by atomic mass is 10.0. The number of hydrogen-bond acceptors (Lipinski definition) is 4. The van der Waals surface area contributed by atoms with E-state index >= 15 is 0 Å². The maximum Gasteiger partial charge on any atom is 0.106 e. The van der Waals surface area contributed by atoms with Crippen LogP contribution in [0.15, 0.2) is 22.9 Å². The first-order valence-corrected chi connectivity index (χ1v) is 6.53. The lowest BCUT2D eigenvalue weighted by Gasteiger charge is -2.33. The van der Waals surface area contributed by atoms with E-state index in [0.29, 0.717) is 6.42 Å². The van der Waals surface area contributed by atoms with Crippen molar-refractivity contribution in [1.82, 2.24) is 15.2 Å². The molecule has 1 fully saturated rings. The van der Waals surface area contributed by atoms with Crippen LogP contribution in [0, 0.1) is 11.3 Å². The van der Waals surface area contributed by atoms with Crippen molar-refractivity contribution in [3.05, 3.63) is 28.5 Å². The van der Waals surface area contributed by atoms with Crippen molar-refractivity contribution in [2.75, 3.05) is 26.2 Å². The summed E-state index contributed by atoms with van der Waals surface area (Å²) in [6.45, 7) is 3.96. The minimum Gasteiger partial charge on any atom is -0.314 e. The van der Waals surface area contributed by atoms with Gasteiger partial charge in [0, 0.05) is 38.4 Å². The standard InChI is InChI=1S/C12H15BrN4.2ClH/c13-12-2-1-10(9-16-12)11(3-4-14)17-7-5-15-6-8-17;;/h1-2,9,11,15H,3,5-8H2;2*1H/t11-;;/m0../s1. The predicted octanol–water partition coefficient (Wildman–Crippen LogP) is 2.55. The summed E-state index contributed by atoms with van der Waals surface area (Å²) in [5.41, 5.74) is 1.12. The zero-order valence-electron chi connectivity index (χ0n) is 10.4. The van der Waals surface area contributed by atoms with E-state index in [9.17, 15) is 0 Å². The van der Waals surface area contributed by atoms with Gasteiger partial charge in [0.15, 0.2) is 0 Å². The van der Waals surface area contributed by atoms with Crippen LogP contribution in [0.5, 0.6) is 0 Å². The fraction of sp³-hybridized carbons (Fsp3) is 0.500. The Kier molecular flexibility index (Phi) is 9.32. The fourth-order valence-corrected chi connectivity index (χ4v) is 2.36. The van der Waals surface area contributed by atoms with Crippen LogP contribution >= 0.6 is 40.7 Å². The molecule has 0 saturated carbocycles. The van der Waals surface area contributed by atoms with Gasteiger partial charge in [0.2, 0.25) is 0 Å². The molecule has 0 amide bonds. The second-order valence-electron chi connectivity index (χ2n) is 4.08. The van der Waals surface area contributed by atoms with E-state index in [1.54, 1.807) is 0 Å². The van der Waals surface area contributed by atoms with E-state index < -0.39 is 0 Å². The third kappa shape index (κ3) is 5.25. The number of aromatic nitrogens is 1. The van der Waals surface area contributed by atoms with Crippen molar-refractivity contribution in [3.8, 4) is 6.07 Å². The molecule has 0 aromatic carbocycles. The average molecular weight is 368 g/mol. The molecule has 0 bridgehead atoms. The lowest BCUT2D eigenvalue weighted by Crippen LogP contribution is -2.45. The van der Waals surface area contributed by atoms with E-state index in [0.717, 1.165) is 36.3 Å². The van der Waals surface area contributed by atoms with Crippen LogP contribution < -0.4 is 5.32 Å². The molecule has 19 heavy (non-hydrogen) atoms. The van der Waals surface area contributed by atoms with Gasteiger partial charge >= 0.3 is 0 Å². The first-order chi connectivity index (χ1) is 8.31. The first kappa shape index (κ1) is 18.6. The van der Waals surface area contributed by atoms with Crippen molar-refractivity contribution in [2.24, 2.45) is 0 Å². The number of nitriles is 1. The highest BCUT2D eigenvalue weighted by Crippen LogP contribution is 2.24. The molecule has 0 spiro atoms. The second kappa shape index (κ2) is 9.51. The van der Waals surface area contributed by atoms with Crippen LogP contribution in [0.1, 0.15) is 18.0 Å². The fourth-order valence-electron chi connectivity index (χ4n) is 2.12. The molecular weight excluding hydrogens is 351 g/mol. The summed E-state index contributed by atoms with van der Waals surface area (Å²) < 4.78 is 0.831. The molecule has 1 saturated heterocycles. The zero-order valence-corrected chi connectivity index (χ0v) is 13.6. The molecule has 1 atom stereocenters. The van der Waals surface area contributed by atoms with Gasteiger partial charge in [-0.3, -0.25) is 4.90 Å². The SMILES string of the molecule is Cl.Cl.N#CC[C@@H](c1ccc(Br)nc1)N1CCNCC1. The van der Waals surface area contributed by atoms with Crippen LogP contribution in [-0.2, 0) is 0 Å². The van der Waals surface area contributed by atoms with Gasteiger partial charge in [0.1, 0.15) is 4.60 Å². The summed E-state index contributed by atoms with van der Waals surface area (Å²) in [6.07, 6.45) is 2.37. The number of piperazine rings is 1. The van der Waals surface area contributed by atoms with Crippen molar-refractivity contribution >= 4 is 40.7 Å². The summed E-state index contributed by atoms with van der Waals surface area (Å²) in [6, 6.07) is 6.42. The van der Waals surface area contributed by atoms with Crippen molar-refractivity contribution in [2.45, 2.75) is 12.5 Å². The molecule has 1 aliphatic rings. The average Bonchev–Trinajstić information content (AvgIpc) is 2.38. The van der Waals surface area contributed by atoms with Crippen LogP contribution in [-0.4, -0.2) is 36.1 Å². The number of halogens is 3. The Bertz CT molecular complexity index is 401. The molecule has 2 heterocycles. The quantitative estimate of drug-likeness (QED) is 0.834. The summed E-state index contributed by atoms with van der Waals surface area (Å²) in [7, 11) is 0. The summed E-state index contributed by atoms with van der Waals surface area (Å²) in [4.78, 5) is 6.59.